The molecule has 8 heteroatoms. The summed E-state index contributed by atoms with van der Waals surface area (Å²) in [7, 11) is 0. The number of ether oxygens (including phenoxy) is 2. The SMILES string of the molecule is CC[C@H](C)NC(=O)CN1CCN(CC(=O)Nc2ccc3c(c2)OCO3)CC1. The minimum Gasteiger partial charge on any atom is -0.454 e. The average molecular weight is 376 g/mol. The first-order chi connectivity index (χ1) is 13.0. The maximum atomic E-state index is 12.3. The van der Waals surface area contributed by atoms with Crippen molar-refractivity contribution in [1.29, 1.82) is 0 Å². The van der Waals surface area contributed by atoms with E-state index in [0.717, 1.165) is 32.6 Å². The van der Waals surface area contributed by atoms with Crippen molar-refractivity contribution in [3.63, 3.8) is 0 Å². The molecule has 1 fully saturated rings. The van der Waals surface area contributed by atoms with Gasteiger partial charge in [-0.3, -0.25) is 19.4 Å². The normalized spacial score (nSPS) is 18.1. The van der Waals surface area contributed by atoms with E-state index >= 15 is 0 Å². The van der Waals surface area contributed by atoms with Crippen LogP contribution < -0.4 is 20.1 Å². The standard InChI is InChI=1S/C19H28N4O4/c1-3-14(2)20-18(24)11-22-6-8-23(9-7-22)12-19(25)21-15-4-5-16-17(10-15)27-13-26-16/h4-5,10,14H,3,6-9,11-13H2,1-2H3,(H,20,24)(H,21,25)/t14-/m0/s1. The van der Waals surface area contributed by atoms with E-state index in [1.165, 1.54) is 0 Å². The number of carbonyl (C=O) groups is 2. The summed E-state index contributed by atoms with van der Waals surface area (Å²) >= 11 is 0. The summed E-state index contributed by atoms with van der Waals surface area (Å²) in [5, 5.41) is 5.88. The number of anilines is 1. The fraction of sp³-hybridized carbons (Fsp3) is 0.579. The molecule has 2 N–H and O–H groups in total. The van der Waals surface area contributed by atoms with Gasteiger partial charge in [0, 0.05) is 44.0 Å². The van der Waals surface area contributed by atoms with Crippen molar-refractivity contribution >= 4 is 17.5 Å². The molecular formula is C19H28N4O4. The second-order valence-corrected chi connectivity index (χ2v) is 7.05. The number of piperazine rings is 1. The fourth-order valence-corrected chi connectivity index (χ4v) is 3.11. The molecule has 27 heavy (non-hydrogen) atoms. The molecule has 1 aromatic rings. The molecule has 148 valence electrons. The highest BCUT2D eigenvalue weighted by molar-refractivity contribution is 5.92. The van der Waals surface area contributed by atoms with Gasteiger partial charge in [0.15, 0.2) is 11.5 Å². The van der Waals surface area contributed by atoms with Crippen molar-refractivity contribution in [3.05, 3.63) is 18.2 Å². The van der Waals surface area contributed by atoms with Crippen LogP contribution in [0, 0.1) is 0 Å². The molecule has 0 aromatic heterocycles. The zero-order valence-electron chi connectivity index (χ0n) is 16.0. The second-order valence-electron chi connectivity index (χ2n) is 7.05. The topological polar surface area (TPSA) is 83.1 Å². The molecule has 2 amide bonds. The maximum Gasteiger partial charge on any atom is 0.238 e. The minimum absolute atomic E-state index is 0.0585. The van der Waals surface area contributed by atoms with Gasteiger partial charge in [0.1, 0.15) is 0 Å². The number of nitrogens with zero attached hydrogens (tertiary/aromatic N) is 2. The maximum absolute atomic E-state index is 12.3. The summed E-state index contributed by atoms with van der Waals surface area (Å²) in [4.78, 5) is 28.5. The van der Waals surface area contributed by atoms with Crippen LogP contribution in [0.1, 0.15) is 20.3 Å². The first kappa shape index (κ1) is 19.4. The Labute approximate surface area is 159 Å². The highest BCUT2D eigenvalue weighted by atomic mass is 16.7. The number of carbonyl (C=O) groups excluding carboxylic acids is 2. The Morgan fingerprint density at radius 2 is 1.67 bits per heavy atom. The van der Waals surface area contributed by atoms with Crippen LogP contribution in [0.15, 0.2) is 18.2 Å². The van der Waals surface area contributed by atoms with E-state index in [0.29, 0.717) is 30.3 Å². The Morgan fingerprint density at radius 3 is 2.33 bits per heavy atom. The molecule has 1 saturated heterocycles. The number of fused-ring (bicyclic) bond motifs is 1. The van der Waals surface area contributed by atoms with E-state index in [4.69, 9.17) is 9.47 Å². The molecule has 2 heterocycles. The lowest BCUT2D eigenvalue weighted by Gasteiger charge is -2.34. The van der Waals surface area contributed by atoms with E-state index in [1.54, 1.807) is 18.2 Å². The Hall–Kier alpha value is -2.32. The Kier molecular flexibility index (Phi) is 6.52. The molecule has 1 aromatic carbocycles. The van der Waals surface area contributed by atoms with Gasteiger partial charge in [0.2, 0.25) is 18.6 Å². The molecule has 1 atom stereocenters. The number of hydrogen-bond donors (Lipinski definition) is 2. The number of amides is 2. The van der Waals surface area contributed by atoms with Gasteiger partial charge in [-0.1, -0.05) is 6.92 Å². The smallest absolute Gasteiger partial charge is 0.238 e. The highest BCUT2D eigenvalue weighted by Gasteiger charge is 2.21. The summed E-state index contributed by atoms with van der Waals surface area (Å²) in [5.74, 6) is 1.36. The van der Waals surface area contributed by atoms with Gasteiger partial charge in [-0.05, 0) is 25.5 Å². The van der Waals surface area contributed by atoms with Gasteiger partial charge >= 0.3 is 0 Å². The molecule has 2 aliphatic rings. The van der Waals surface area contributed by atoms with Crippen molar-refractivity contribution in [2.75, 3.05) is 51.4 Å². The lowest BCUT2D eigenvalue weighted by molar-refractivity contribution is -0.124. The first-order valence-corrected chi connectivity index (χ1v) is 9.47. The summed E-state index contributed by atoms with van der Waals surface area (Å²) in [5.41, 5.74) is 0.699. The molecule has 0 radical (unpaired) electrons. The van der Waals surface area contributed by atoms with Gasteiger partial charge in [0.05, 0.1) is 13.1 Å². The van der Waals surface area contributed by atoms with Crippen LogP contribution in [0.4, 0.5) is 5.69 Å². The third kappa shape index (κ3) is 5.58. The van der Waals surface area contributed by atoms with Gasteiger partial charge in [0.25, 0.3) is 0 Å². The zero-order chi connectivity index (χ0) is 19.2. The Morgan fingerprint density at radius 1 is 1.04 bits per heavy atom. The molecule has 0 bridgehead atoms. The molecule has 3 rings (SSSR count). The number of rotatable bonds is 7. The number of nitrogens with one attached hydrogen (secondary N) is 2. The van der Waals surface area contributed by atoms with Crippen molar-refractivity contribution in [2.24, 2.45) is 0 Å². The van der Waals surface area contributed by atoms with Crippen LogP contribution >= 0.6 is 0 Å². The molecule has 2 aliphatic heterocycles. The third-order valence-corrected chi connectivity index (χ3v) is 4.88. The number of hydrogen-bond acceptors (Lipinski definition) is 6. The Balaban J connectivity index is 1.38. The average Bonchev–Trinajstić information content (AvgIpc) is 3.11. The summed E-state index contributed by atoms with van der Waals surface area (Å²) < 4.78 is 10.6. The predicted octanol–water partition coefficient (Wildman–Crippen LogP) is 0.886. The van der Waals surface area contributed by atoms with Crippen molar-refractivity contribution < 1.29 is 19.1 Å². The summed E-state index contributed by atoms with van der Waals surface area (Å²) in [6, 6.07) is 5.58. The third-order valence-electron chi connectivity index (χ3n) is 4.88. The van der Waals surface area contributed by atoms with E-state index in [9.17, 15) is 9.59 Å². The van der Waals surface area contributed by atoms with Crippen LogP contribution in [0.2, 0.25) is 0 Å². The van der Waals surface area contributed by atoms with Gasteiger partial charge in [-0.15, -0.1) is 0 Å². The lowest BCUT2D eigenvalue weighted by atomic mass is 10.2. The van der Waals surface area contributed by atoms with Crippen molar-refractivity contribution in [3.8, 4) is 11.5 Å². The van der Waals surface area contributed by atoms with Gasteiger partial charge in [-0.25, -0.2) is 0 Å². The highest BCUT2D eigenvalue weighted by Crippen LogP contribution is 2.34. The fourth-order valence-electron chi connectivity index (χ4n) is 3.11. The van der Waals surface area contributed by atoms with Crippen LogP contribution in [0.5, 0.6) is 11.5 Å². The van der Waals surface area contributed by atoms with Crippen LogP contribution in [-0.4, -0.2) is 73.7 Å². The summed E-state index contributed by atoms with van der Waals surface area (Å²) in [6.07, 6.45) is 0.929. The monoisotopic (exact) mass is 376 g/mol. The second kappa shape index (κ2) is 9.05. The van der Waals surface area contributed by atoms with Crippen molar-refractivity contribution in [2.45, 2.75) is 26.3 Å². The predicted molar refractivity (Wildman–Crippen MR) is 102 cm³/mol. The molecule has 8 nitrogen and oxygen atoms in total. The van der Waals surface area contributed by atoms with Crippen LogP contribution in [0.3, 0.4) is 0 Å². The Bertz CT molecular complexity index is 674. The van der Waals surface area contributed by atoms with Crippen LogP contribution in [0.25, 0.3) is 0 Å². The summed E-state index contributed by atoms with van der Waals surface area (Å²) in [6.45, 7) is 8.13. The molecule has 0 saturated carbocycles. The van der Waals surface area contributed by atoms with E-state index in [-0.39, 0.29) is 24.6 Å². The van der Waals surface area contributed by atoms with E-state index in [2.05, 4.69) is 27.4 Å². The quantitative estimate of drug-likeness (QED) is 0.735. The largest absolute Gasteiger partial charge is 0.454 e. The minimum atomic E-state index is -0.0585. The number of benzene rings is 1. The van der Waals surface area contributed by atoms with E-state index in [1.807, 2.05) is 6.92 Å². The van der Waals surface area contributed by atoms with Gasteiger partial charge in [-0.2, -0.15) is 0 Å². The first-order valence-electron chi connectivity index (χ1n) is 9.47. The lowest BCUT2D eigenvalue weighted by Crippen LogP contribution is -2.51. The van der Waals surface area contributed by atoms with Gasteiger partial charge < -0.3 is 20.1 Å². The molecular weight excluding hydrogens is 348 g/mol. The molecule has 0 unspecified atom stereocenters. The van der Waals surface area contributed by atoms with Crippen molar-refractivity contribution in [1.82, 2.24) is 15.1 Å². The molecule has 0 spiro atoms. The zero-order valence-corrected chi connectivity index (χ0v) is 16.0. The molecule has 0 aliphatic carbocycles. The van der Waals surface area contributed by atoms with E-state index < -0.39 is 0 Å². The van der Waals surface area contributed by atoms with Crippen LogP contribution in [-0.2, 0) is 9.59 Å².